The molecule has 1 unspecified atom stereocenters. The molecule has 0 radical (unpaired) electrons. The van der Waals surface area contributed by atoms with Gasteiger partial charge in [-0.15, -0.1) is 0 Å². The van der Waals surface area contributed by atoms with Crippen LogP contribution in [0.15, 0.2) is 65.2 Å². The van der Waals surface area contributed by atoms with E-state index < -0.39 is 0 Å². The topological polar surface area (TPSA) is 68.0 Å². The van der Waals surface area contributed by atoms with Crippen molar-refractivity contribution in [2.24, 2.45) is 5.92 Å². The van der Waals surface area contributed by atoms with Crippen molar-refractivity contribution in [3.8, 4) is 34.0 Å². The average molecular weight is 482 g/mol. The zero-order chi connectivity index (χ0) is 24.6. The van der Waals surface area contributed by atoms with Crippen LogP contribution in [0.5, 0.6) is 0 Å². The van der Waals surface area contributed by atoms with E-state index in [4.69, 9.17) is 4.52 Å². The standard InChI is InChI=1S/C30H28FN3O2/c1-18-13-22(10-11-24(18)26-6-2-3-7-27(26)31)30-33-29(34-36-30)21-9-12-25-20(16-21)5-4-8-28(25)32-23-14-19(15-23)17-35/h2-3,6-7,9-13,16-17,19,23,28,32H,4-5,8,14-15H2,1H3/t19-,23-,28?. The second-order valence-corrected chi connectivity index (χ2v) is 10.0. The summed E-state index contributed by atoms with van der Waals surface area (Å²) < 4.78 is 19.9. The number of hydrogen-bond donors (Lipinski definition) is 1. The molecule has 0 amide bonds. The molecule has 182 valence electrons. The number of rotatable bonds is 6. The second kappa shape index (κ2) is 9.43. The average Bonchev–Trinajstić information content (AvgIpc) is 3.37. The summed E-state index contributed by atoms with van der Waals surface area (Å²) in [5.74, 6) is 0.989. The lowest BCUT2D eigenvalue weighted by molar-refractivity contribution is -0.113. The number of nitrogens with one attached hydrogen (secondary N) is 1. The summed E-state index contributed by atoms with van der Waals surface area (Å²) in [4.78, 5) is 15.6. The lowest BCUT2D eigenvalue weighted by Gasteiger charge is -2.37. The van der Waals surface area contributed by atoms with Crippen LogP contribution in [-0.2, 0) is 11.2 Å². The smallest absolute Gasteiger partial charge is 0.258 e. The Hall–Kier alpha value is -3.64. The predicted molar refractivity (Wildman–Crippen MR) is 137 cm³/mol. The van der Waals surface area contributed by atoms with E-state index in [2.05, 4.69) is 33.7 Å². The molecule has 1 N–H and O–H groups in total. The van der Waals surface area contributed by atoms with Gasteiger partial charge >= 0.3 is 0 Å². The molecule has 2 aliphatic rings. The van der Waals surface area contributed by atoms with Crippen LogP contribution >= 0.6 is 0 Å². The van der Waals surface area contributed by atoms with E-state index in [1.54, 1.807) is 12.1 Å². The van der Waals surface area contributed by atoms with Crippen molar-refractivity contribution < 1.29 is 13.7 Å². The van der Waals surface area contributed by atoms with Crippen LogP contribution in [0, 0.1) is 18.7 Å². The van der Waals surface area contributed by atoms with Crippen LogP contribution in [-0.4, -0.2) is 22.5 Å². The third-order valence-corrected chi connectivity index (χ3v) is 7.58. The maximum atomic E-state index is 14.3. The fourth-order valence-corrected chi connectivity index (χ4v) is 5.56. The summed E-state index contributed by atoms with van der Waals surface area (Å²) in [6, 6.07) is 19.7. The summed E-state index contributed by atoms with van der Waals surface area (Å²) >= 11 is 0. The van der Waals surface area contributed by atoms with Gasteiger partial charge in [0, 0.05) is 34.7 Å². The van der Waals surface area contributed by atoms with E-state index in [0.717, 1.165) is 60.6 Å². The minimum atomic E-state index is -0.240. The Kier molecular flexibility index (Phi) is 5.97. The van der Waals surface area contributed by atoms with Crippen molar-refractivity contribution in [2.75, 3.05) is 0 Å². The lowest BCUT2D eigenvalue weighted by atomic mass is 9.79. The van der Waals surface area contributed by atoms with Crippen molar-refractivity contribution in [3.05, 3.63) is 83.2 Å². The quantitative estimate of drug-likeness (QED) is 0.320. The molecule has 1 fully saturated rings. The predicted octanol–water partition coefficient (Wildman–Crippen LogP) is 6.46. The lowest BCUT2D eigenvalue weighted by Crippen LogP contribution is -2.44. The van der Waals surface area contributed by atoms with Gasteiger partial charge in [-0.2, -0.15) is 4.98 Å². The third-order valence-electron chi connectivity index (χ3n) is 7.58. The molecule has 1 aromatic heterocycles. The number of carbonyl (C=O) groups is 1. The van der Waals surface area contributed by atoms with Gasteiger partial charge in [0.15, 0.2) is 0 Å². The van der Waals surface area contributed by atoms with Gasteiger partial charge in [-0.1, -0.05) is 41.6 Å². The van der Waals surface area contributed by atoms with Crippen molar-refractivity contribution in [2.45, 2.75) is 51.1 Å². The summed E-state index contributed by atoms with van der Waals surface area (Å²) in [5, 5.41) is 8.00. The largest absolute Gasteiger partial charge is 0.334 e. The van der Waals surface area contributed by atoms with Gasteiger partial charge in [0.05, 0.1) is 0 Å². The Morgan fingerprint density at radius 1 is 1.03 bits per heavy atom. The van der Waals surface area contributed by atoms with Crippen molar-refractivity contribution >= 4 is 6.29 Å². The molecule has 3 aromatic carbocycles. The van der Waals surface area contributed by atoms with Crippen LogP contribution in [0.4, 0.5) is 4.39 Å². The monoisotopic (exact) mass is 481 g/mol. The van der Waals surface area contributed by atoms with E-state index >= 15 is 0 Å². The number of hydrogen-bond acceptors (Lipinski definition) is 5. The van der Waals surface area contributed by atoms with Crippen LogP contribution < -0.4 is 5.32 Å². The molecule has 0 saturated heterocycles. The highest BCUT2D eigenvalue weighted by atomic mass is 19.1. The number of aldehydes is 1. The third kappa shape index (κ3) is 4.26. The van der Waals surface area contributed by atoms with Crippen LogP contribution in [0.1, 0.15) is 48.4 Å². The number of aromatic nitrogens is 2. The molecule has 6 rings (SSSR count). The van der Waals surface area contributed by atoms with Gasteiger partial charge < -0.3 is 14.6 Å². The number of halogens is 1. The molecule has 1 atom stereocenters. The van der Waals surface area contributed by atoms with Crippen LogP contribution in [0.2, 0.25) is 0 Å². The fraction of sp³-hybridized carbons (Fsp3) is 0.300. The zero-order valence-electron chi connectivity index (χ0n) is 20.2. The summed E-state index contributed by atoms with van der Waals surface area (Å²) in [5.41, 5.74) is 6.77. The Labute approximate surface area is 209 Å². The minimum absolute atomic E-state index is 0.222. The number of benzene rings is 3. The Balaban J connectivity index is 1.22. The van der Waals surface area contributed by atoms with E-state index in [-0.39, 0.29) is 11.7 Å². The molecule has 0 aliphatic heterocycles. The number of aryl methyl sites for hydroxylation is 2. The molecule has 36 heavy (non-hydrogen) atoms. The molecular formula is C30H28FN3O2. The van der Waals surface area contributed by atoms with E-state index in [0.29, 0.717) is 29.4 Å². The highest BCUT2D eigenvalue weighted by molar-refractivity contribution is 5.72. The van der Waals surface area contributed by atoms with Gasteiger partial charge in [0.2, 0.25) is 5.82 Å². The first-order valence-electron chi connectivity index (χ1n) is 12.6. The van der Waals surface area contributed by atoms with Gasteiger partial charge in [0.25, 0.3) is 5.89 Å². The maximum Gasteiger partial charge on any atom is 0.258 e. The van der Waals surface area contributed by atoms with Crippen molar-refractivity contribution in [1.82, 2.24) is 15.5 Å². The Morgan fingerprint density at radius 3 is 2.67 bits per heavy atom. The van der Waals surface area contributed by atoms with Crippen LogP contribution in [0.25, 0.3) is 34.0 Å². The van der Waals surface area contributed by atoms with Gasteiger partial charge in [-0.05, 0) is 85.5 Å². The molecule has 4 aromatic rings. The normalized spacial score (nSPS) is 21.0. The van der Waals surface area contributed by atoms with Gasteiger partial charge in [-0.3, -0.25) is 0 Å². The summed E-state index contributed by atoms with van der Waals surface area (Å²) in [7, 11) is 0. The summed E-state index contributed by atoms with van der Waals surface area (Å²) in [6.45, 7) is 1.96. The van der Waals surface area contributed by atoms with Gasteiger partial charge in [-0.25, -0.2) is 4.39 Å². The van der Waals surface area contributed by atoms with E-state index in [1.807, 2.05) is 31.2 Å². The fourth-order valence-electron chi connectivity index (χ4n) is 5.56. The molecule has 2 aliphatic carbocycles. The molecular weight excluding hydrogens is 453 g/mol. The van der Waals surface area contributed by atoms with Crippen molar-refractivity contribution in [1.29, 1.82) is 0 Å². The Bertz CT molecular complexity index is 1420. The highest BCUT2D eigenvalue weighted by Crippen LogP contribution is 2.36. The number of nitrogens with zero attached hydrogens (tertiary/aromatic N) is 2. The second-order valence-electron chi connectivity index (χ2n) is 10.0. The molecule has 0 bridgehead atoms. The number of fused-ring (bicyclic) bond motifs is 1. The van der Waals surface area contributed by atoms with Gasteiger partial charge in [0.1, 0.15) is 12.1 Å². The number of carbonyl (C=O) groups excluding carboxylic acids is 1. The first-order chi connectivity index (χ1) is 17.6. The molecule has 5 nitrogen and oxygen atoms in total. The first-order valence-corrected chi connectivity index (χ1v) is 12.6. The molecule has 6 heteroatoms. The summed E-state index contributed by atoms with van der Waals surface area (Å²) in [6.07, 6.45) is 6.24. The van der Waals surface area contributed by atoms with E-state index in [9.17, 15) is 9.18 Å². The van der Waals surface area contributed by atoms with Crippen LogP contribution in [0.3, 0.4) is 0 Å². The first kappa shape index (κ1) is 22.8. The van der Waals surface area contributed by atoms with Crippen molar-refractivity contribution in [3.63, 3.8) is 0 Å². The highest BCUT2D eigenvalue weighted by Gasteiger charge is 2.32. The SMILES string of the molecule is Cc1cc(-c2nc(-c3ccc4c(c3)CCCC4N[C@H]3C[C@H](C=O)C3)no2)ccc1-c1ccccc1F. The molecule has 1 saturated carbocycles. The maximum absolute atomic E-state index is 14.3. The molecule has 0 spiro atoms. The molecule has 1 heterocycles. The Morgan fingerprint density at radius 2 is 1.86 bits per heavy atom. The van der Waals surface area contributed by atoms with E-state index in [1.165, 1.54) is 17.2 Å². The zero-order valence-corrected chi connectivity index (χ0v) is 20.2. The minimum Gasteiger partial charge on any atom is -0.334 e.